The van der Waals surface area contributed by atoms with Crippen LogP contribution in [-0.2, 0) is 0 Å². The van der Waals surface area contributed by atoms with E-state index in [4.69, 9.17) is 11.6 Å². The van der Waals surface area contributed by atoms with E-state index >= 15 is 0 Å². The Kier molecular flexibility index (Phi) is 3.90. The number of aromatic nitrogens is 1. The maximum Gasteiger partial charge on any atom is 0.195 e. The Labute approximate surface area is 132 Å². The van der Waals surface area contributed by atoms with Crippen LogP contribution in [0.3, 0.4) is 0 Å². The maximum atomic E-state index is 12.8. The van der Waals surface area contributed by atoms with Gasteiger partial charge in [0.1, 0.15) is 5.75 Å². The number of hydrogen-bond acceptors (Lipinski definition) is 3. The predicted octanol–water partition coefficient (Wildman–Crippen LogP) is 4.34. The summed E-state index contributed by atoms with van der Waals surface area (Å²) in [5.74, 6) is -0.205. The third-order valence-corrected chi connectivity index (χ3v) is 3.67. The van der Waals surface area contributed by atoms with Crippen molar-refractivity contribution in [2.24, 2.45) is 0 Å². The van der Waals surface area contributed by atoms with Crippen molar-refractivity contribution < 1.29 is 9.90 Å². The van der Waals surface area contributed by atoms with Gasteiger partial charge in [0.05, 0.1) is 5.02 Å². The Balaban J connectivity index is 2.16. The summed E-state index contributed by atoms with van der Waals surface area (Å²) in [4.78, 5) is 16.9. The molecule has 0 aliphatic rings. The normalized spacial score (nSPS) is 10.4. The third-order valence-electron chi connectivity index (χ3n) is 3.34. The lowest BCUT2D eigenvalue weighted by Crippen LogP contribution is -2.04. The van der Waals surface area contributed by atoms with Crippen molar-refractivity contribution in [2.75, 3.05) is 0 Å². The highest BCUT2D eigenvalue weighted by Gasteiger charge is 2.17. The van der Waals surface area contributed by atoms with E-state index in [1.54, 1.807) is 54.9 Å². The first-order chi connectivity index (χ1) is 10.7. The number of ketones is 1. The molecule has 0 bridgehead atoms. The molecule has 1 heterocycles. The van der Waals surface area contributed by atoms with Gasteiger partial charge in [-0.2, -0.15) is 0 Å². The van der Waals surface area contributed by atoms with Crippen LogP contribution in [0.4, 0.5) is 0 Å². The molecule has 0 saturated carbocycles. The van der Waals surface area contributed by atoms with Gasteiger partial charge in [-0.1, -0.05) is 29.8 Å². The lowest BCUT2D eigenvalue weighted by molar-refractivity contribution is 0.103. The molecule has 2 aromatic carbocycles. The number of carbonyl (C=O) groups is 1. The van der Waals surface area contributed by atoms with Crippen LogP contribution in [0.2, 0.25) is 5.02 Å². The highest BCUT2D eigenvalue weighted by molar-refractivity contribution is 6.35. The van der Waals surface area contributed by atoms with Gasteiger partial charge in [0.15, 0.2) is 5.78 Å². The summed E-state index contributed by atoms with van der Waals surface area (Å²) in [6, 6.07) is 15.2. The number of halogens is 1. The van der Waals surface area contributed by atoms with E-state index in [1.807, 2.05) is 6.07 Å². The molecule has 0 fully saturated rings. The summed E-state index contributed by atoms with van der Waals surface area (Å²) in [6.07, 6.45) is 3.34. The Bertz CT molecular complexity index is 832. The minimum Gasteiger partial charge on any atom is -0.508 e. The molecule has 0 spiro atoms. The minimum atomic E-state index is -0.236. The summed E-state index contributed by atoms with van der Waals surface area (Å²) in [6.45, 7) is 0. The molecule has 0 aliphatic heterocycles. The van der Waals surface area contributed by atoms with Crippen LogP contribution in [-0.4, -0.2) is 15.9 Å². The van der Waals surface area contributed by atoms with E-state index < -0.39 is 0 Å². The van der Waals surface area contributed by atoms with Gasteiger partial charge in [-0.05, 0) is 42.0 Å². The second-order valence-electron chi connectivity index (χ2n) is 4.78. The van der Waals surface area contributed by atoms with E-state index in [9.17, 15) is 9.90 Å². The molecular formula is C18H12ClNO2. The molecule has 108 valence electrons. The molecule has 0 atom stereocenters. The van der Waals surface area contributed by atoms with Crippen LogP contribution in [0.25, 0.3) is 11.1 Å². The van der Waals surface area contributed by atoms with Crippen molar-refractivity contribution in [3.05, 3.63) is 83.1 Å². The van der Waals surface area contributed by atoms with Gasteiger partial charge in [0.2, 0.25) is 0 Å². The molecule has 0 unspecified atom stereocenters. The molecule has 4 heteroatoms. The van der Waals surface area contributed by atoms with E-state index in [1.165, 1.54) is 6.07 Å². The predicted molar refractivity (Wildman–Crippen MR) is 86.2 cm³/mol. The fraction of sp³-hybridized carbons (Fsp3) is 0. The summed E-state index contributed by atoms with van der Waals surface area (Å²) >= 11 is 6.11. The molecule has 1 aromatic heterocycles. The fourth-order valence-electron chi connectivity index (χ4n) is 2.28. The zero-order valence-electron chi connectivity index (χ0n) is 11.5. The first-order valence-corrected chi connectivity index (χ1v) is 7.07. The van der Waals surface area contributed by atoms with Crippen molar-refractivity contribution >= 4 is 17.4 Å². The summed E-state index contributed by atoms with van der Waals surface area (Å²) in [7, 11) is 0. The number of pyridine rings is 1. The molecule has 0 amide bonds. The van der Waals surface area contributed by atoms with Crippen molar-refractivity contribution in [3.8, 4) is 16.9 Å². The van der Waals surface area contributed by atoms with E-state index in [0.29, 0.717) is 21.7 Å². The molecular weight excluding hydrogens is 298 g/mol. The number of rotatable bonds is 3. The van der Waals surface area contributed by atoms with Crippen LogP contribution >= 0.6 is 11.6 Å². The van der Waals surface area contributed by atoms with Crippen molar-refractivity contribution in [3.63, 3.8) is 0 Å². The molecule has 0 radical (unpaired) electrons. The molecule has 0 saturated heterocycles. The third kappa shape index (κ3) is 2.71. The van der Waals surface area contributed by atoms with Crippen LogP contribution in [0.5, 0.6) is 5.75 Å². The average Bonchev–Trinajstić information content (AvgIpc) is 2.55. The standard InChI is InChI=1S/C18H12ClNO2/c19-17-6-2-1-5-15(17)18(22)16-10-13(21)7-8-14(16)12-4-3-9-20-11-12/h1-11,21H. The minimum absolute atomic E-state index is 0.0306. The largest absolute Gasteiger partial charge is 0.508 e. The molecule has 3 rings (SSSR count). The highest BCUT2D eigenvalue weighted by Crippen LogP contribution is 2.30. The van der Waals surface area contributed by atoms with Gasteiger partial charge in [0, 0.05) is 29.1 Å². The van der Waals surface area contributed by atoms with Crippen molar-refractivity contribution in [1.82, 2.24) is 4.98 Å². The van der Waals surface area contributed by atoms with Crippen LogP contribution in [0.1, 0.15) is 15.9 Å². The Hall–Kier alpha value is -2.65. The number of phenols is 1. The number of hydrogen-bond donors (Lipinski definition) is 1. The van der Waals surface area contributed by atoms with Crippen molar-refractivity contribution in [1.29, 1.82) is 0 Å². The molecule has 0 aliphatic carbocycles. The van der Waals surface area contributed by atoms with Gasteiger partial charge >= 0.3 is 0 Å². The zero-order valence-corrected chi connectivity index (χ0v) is 12.3. The number of phenolic OH excluding ortho intramolecular Hbond substituents is 1. The van der Waals surface area contributed by atoms with Crippen LogP contribution in [0.15, 0.2) is 67.0 Å². The Morgan fingerprint density at radius 3 is 2.55 bits per heavy atom. The SMILES string of the molecule is O=C(c1ccccc1Cl)c1cc(O)ccc1-c1cccnc1. The molecule has 3 nitrogen and oxygen atoms in total. The second-order valence-corrected chi connectivity index (χ2v) is 5.19. The first-order valence-electron chi connectivity index (χ1n) is 6.69. The molecule has 22 heavy (non-hydrogen) atoms. The highest BCUT2D eigenvalue weighted by atomic mass is 35.5. The van der Waals surface area contributed by atoms with Gasteiger partial charge in [0.25, 0.3) is 0 Å². The fourth-order valence-corrected chi connectivity index (χ4v) is 2.51. The lowest BCUT2D eigenvalue weighted by Gasteiger charge is -2.10. The topological polar surface area (TPSA) is 50.2 Å². The summed E-state index contributed by atoms with van der Waals surface area (Å²) in [5, 5.41) is 10.1. The van der Waals surface area contributed by atoms with E-state index in [0.717, 1.165) is 5.56 Å². The number of aromatic hydroxyl groups is 1. The smallest absolute Gasteiger partial charge is 0.195 e. The number of nitrogens with zero attached hydrogens (tertiary/aromatic N) is 1. The second kappa shape index (κ2) is 6.00. The van der Waals surface area contributed by atoms with Gasteiger partial charge in [-0.25, -0.2) is 0 Å². The lowest BCUT2D eigenvalue weighted by atomic mass is 9.94. The zero-order chi connectivity index (χ0) is 15.5. The Morgan fingerprint density at radius 1 is 1.00 bits per heavy atom. The van der Waals surface area contributed by atoms with Gasteiger partial charge < -0.3 is 5.11 Å². The first kappa shape index (κ1) is 14.3. The van der Waals surface area contributed by atoms with E-state index in [-0.39, 0.29) is 11.5 Å². The summed E-state index contributed by atoms with van der Waals surface area (Å²) < 4.78 is 0. The van der Waals surface area contributed by atoms with Gasteiger partial charge in [-0.15, -0.1) is 0 Å². The molecule has 3 aromatic rings. The van der Waals surface area contributed by atoms with Crippen molar-refractivity contribution in [2.45, 2.75) is 0 Å². The number of carbonyl (C=O) groups excluding carboxylic acids is 1. The maximum absolute atomic E-state index is 12.8. The Morgan fingerprint density at radius 2 is 1.82 bits per heavy atom. The van der Waals surface area contributed by atoms with Crippen LogP contribution in [0, 0.1) is 0 Å². The number of benzene rings is 2. The summed E-state index contributed by atoms with van der Waals surface area (Å²) in [5.41, 5.74) is 2.30. The monoisotopic (exact) mass is 309 g/mol. The van der Waals surface area contributed by atoms with Crippen LogP contribution < -0.4 is 0 Å². The van der Waals surface area contributed by atoms with Gasteiger partial charge in [-0.3, -0.25) is 9.78 Å². The quantitative estimate of drug-likeness (QED) is 0.732. The average molecular weight is 310 g/mol. The molecule has 1 N–H and O–H groups in total. The van der Waals surface area contributed by atoms with E-state index in [2.05, 4.69) is 4.98 Å².